The molecule has 0 unspecified atom stereocenters. The summed E-state index contributed by atoms with van der Waals surface area (Å²) in [5.74, 6) is 1.24. The van der Waals surface area contributed by atoms with Crippen LogP contribution in [-0.2, 0) is 60.2 Å². The molecule has 0 spiro atoms. The second-order valence-corrected chi connectivity index (χ2v) is 7.07. The van der Waals surface area contributed by atoms with E-state index in [1.54, 1.807) is 0 Å². The number of aromatic amines is 3. The average molecular weight is 429 g/mol. The smallest absolute Gasteiger partial charge is 0.0235 e. The van der Waals surface area contributed by atoms with E-state index in [0.717, 1.165) is 55.6 Å². The summed E-state index contributed by atoms with van der Waals surface area (Å²) in [5, 5.41) is 23.9. The van der Waals surface area contributed by atoms with E-state index < -0.39 is 0 Å². The summed E-state index contributed by atoms with van der Waals surface area (Å²) in [6.45, 7) is 13.1. The first kappa shape index (κ1) is 23.5. The van der Waals surface area contributed by atoms with Gasteiger partial charge in [0.2, 0.25) is 0 Å². The van der Waals surface area contributed by atoms with Crippen LogP contribution in [0.15, 0.2) is 0 Å². The minimum absolute atomic E-state index is 0. The maximum atomic E-state index is 4.66. The molecule has 3 aromatic heterocycles. The molecule has 0 atom stereocenters. The first-order chi connectivity index (χ1) is 13.6. The Hall–Kier alpha value is -1.79. The molecule has 29 heavy (non-hydrogen) atoms. The third kappa shape index (κ3) is 4.10. The van der Waals surface area contributed by atoms with Crippen molar-refractivity contribution in [1.29, 1.82) is 0 Å². The molecule has 0 aliphatic rings. The Morgan fingerprint density at radius 2 is 0.793 bits per heavy atom. The van der Waals surface area contributed by atoms with Gasteiger partial charge in [-0.25, -0.2) is 15.3 Å². The zero-order chi connectivity index (χ0) is 20.3. The molecule has 6 nitrogen and oxygen atoms in total. The summed E-state index contributed by atoms with van der Waals surface area (Å²) >= 11 is 0. The molecule has 0 bridgehead atoms. The normalized spacial score (nSPS) is 11.0. The van der Waals surface area contributed by atoms with Gasteiger partial charge in [0.25, 0.3) is 0 Å². The molecule has 3 aromatic rings. The van der Waals surface area contributed by atoms with Crippen LogP contribution in [0.4, 0.5) is 0 Å². The van der Waals surface area contributed by atoms with Gasteiger partial charge in [0.15, 0.2) is 0 Å². The molecule has 7 heteroatoms. The molecule has 3 N–H and O–H groups in total. The third-order valence-electron chi connectivity index (χ3n) is 5.56. The number of aromatic nitrogens is 6. The van der Waals surface area contributed by atoms with Gasteiger partial charge in [0, 0.05) is 38.8 Å². The summed E-state index contributed by atoms with van der Waals surface area (Å²) in [5.41, 5.74) is 10.6. The van der Waals surface area contributed by atoms with E-state index in [-0.39, 0.29) is 21.7 Å². The van der Waals surface area contributed by atoms with Crippen LogP contribution in [0.2, 0.25) is 0 Å². The molecule has 0 saturated heterocycles. The molecular weight excluding hydrogens is 396 g/mol. The number of H-pyrrole nitrogens is 3. The maximum Gasteiger partial charge on any atom is 0.0235 e. The molecule has 0 aromatic carbocycles. The van der Waals surface area contributed by atoms with E-state index in [1.165, 1.54) is 39.7 Å². The number of nitrogens with one attached hydrogen (secondary N) is 3. The quantitative estimate of drug-likeness (QED) is 0.351. The largest absolute Gasteiger partial charge is 0.310 e. The van der Waals surface area contributed by atoms with E-state index in [2.05, 4.69) is 72.1 Å². The van der Waals surface area contributed by atoms with Crippen LogP contribution in [0.1, 0.15) is 92.4 Å². The first-order valence-electron chi connectivity index (χ1n) is 10.7. The van der Waals surface area contributed by atoms with Gasteiger partial charge < -0.3 is 15.3 Å². The monoisotopic (exact) mass is 429 g/mol. The van der Waals surface area contributed by atoms with Crippen molar-refractivity contribution in [2.24, 2.45) is 0 Å². The maximum absolute atomic E-state index is 4.66. The Balaban J connectivity index is 0.00000300. The fourth-order valence-corrected chi connectivity index (χ4v) is 4.06. The van der Waals surface area contributed by atoms with Gasteiger partial charge in [0.1, 0.15) is 0 Å². The van der Waals surface area contributed by atoms with Gasteiger partial charge in [-0.3, -0.25) is 0 Å². The Kier molecular flexibility index (Phi) is 8.35. The summed E-state index contributed by atoms with van der Waals surface area (Å²) < 4.78 is 0. The molecule has 156 valence electrons. The molecule has 0 fully saturated rings. The molecule has 3 rings (SSSR count). The van der Waals surface area contributed by atoms with Crippen LogP contribution in [0.25, 0.3) is 0 Å². The van der Waals surface area contributed by atoms with Gasteiger partial charge in [-0.2, -0.15) is 0 Å². The van der Waals surface area contributed by atoms with Crippen molar-refractivity contribution in [3.63, 3.8) is 0 Å². The summed E-state index contributed by atoms with van der Waals surface area (Å²) in [7, 11) is 0. The van der Waals surface area contributed by atoms with Gasteiger partial charge in [0.05, 0.1) is 0 Å². The molecule has 0 radical (unpaired) electrons. The second kappa shape index (κ2) is 10.3. The predicted octanol–water partition coefficient (Wildman–Crippen LogP) is 4.25. The van der Waals surface area contributed by atoms with Crippen molar-refractivity contribution in [3.8, 4) is 0 Å². The Labute approximate surface area is 188 Å². The van der Waals surface area contributed by atoms with Crippen molar-refractivity contribution >= 4 is 0 Å². The number of rotatable bonds is 9. The van der Waals surface area contributed by atoms with E-state index >= 15 is 0 Å². The Bertz CT molecular complexity index is 736. The summed E-state index contributed by atoms with van der Waals surface area (Å²) in [6.07, 6.45) is 5.39. The van der Waals surface area contributed by atoms with Crippen molar-refractivity contribution in [2.75, 3.05) is 0 Å². The second-order valence-electron chi connectivity index (χ2n) is 7.07. The zero-order valence-electron chi connectivity index (χ0n) is 18.6. The number of nitrogens with zero attached hydrogens (tertiary/aromatic N) is 3. The van der Waals surface area contributed by atoms with Gasteiger partial charge in [-0.15, -0.1) is 0 Å². The number of aryl methyl sites for hydroxylation is 6. The fourth-order valence-electron chi connectivity index (χ4n) is 4.06. The standard InChI is InChI=1S/C22H33N6.Ti/c1-7-13-19(14(8-2)24-23-13)22(20-15(9-3)25-26-16(20)10-4)21-17(11-5)27-28-18(21)12-6;/h7-12H2,1-6H3,(H,23,24)(H,25,26)(H,27,28);/q-1;. The zero-order valence-corrected chi connectivity index (χ0v) is 20.1. The van der Waals surface area contributed by atoms with Crippen molar-refractivity contribution in [2.45, 2.75) is 80.1 Å². The minimum Gasteiger partial charge on any atom is -0.310 e. The van der Waals surface area contributed by atoms with Crippen molar-refractivity contribution in [1.82, 2.24) is 30.6 Å². The van der Waals surface area contributed by atoms with Crippen LogP contribution in [0.3, 0.4) is 0 Å². The van der Waals surface area contributed by atoms with Crippen molar-refractivity contribution in [3.05, 3.63) is 56.8 Å². The van der Waals surface area contributed by atoms with Crippen molar-refractivity contribution < 1.29 is 21.7 Å². The molecular formula is C22H33N6Ti-. The Morgan fingerprint density at radius 1 is 0.517 bits per heavy atom. The fraction of sp³-hybridized carbons (Fsp3) is 0.545. The summed E-state index contributed by atoms with van der Waals surface area (Å²) in [4.78, 5) is 0. The van der Waals surface area contributed by atoms with Crippen LogP contribution in [0.5, 0.6) is 0 Å². The number of hydrogen-bond acceptors (Lipinski definition) is 3. The topological polar surface area (TPSA) is 86.0 Å². The van der Waals surface area contributed by atoms with Crippen LogP contribution >= 0.6 is 0 Å². The number of hydrogen-bond donors (Lipinski definition) is 3. The van der Waals surface area contributed by atoms with Gasteiger partial charge in [-0.1, -0.05) is 47.5 Å². The Morgan fingerprint density at radius 3 is 1.00 bits per heavy atom. The van der Waals surface area contributed by atoms with Crippen LogP contribution in [-0.4, -0.2) is 30.6 Å². The first-order valence-corrected chi connectivity index (χ1v) is 10.7. The molecule has 0 amide bonds. The van der Waals surface area contributed by atoms with Crippen LogP contribution in [0, 0.1) is 5.92 Å². The van der Waals surface area contributed by atoms with E-state index in [4.69, 9.17) is 0 Å². The SMILES string of the molecule is CCc1n[nH]c(CC)c1[C-](c1c(CC)n[nH]c1CC)c1c(CC)n[nH]c1CC.[Ti]. The molecule has 0 aliphatic heterocycles. The van der Waals surface area contributed by atoms with E-state index in [0.29, 0.717) is 0 Å². The predicted molar refractivity (Wildman–Crippen MR) is 113 cm³/mol. The molecule has 0 saturated carbocycles. The van der Waals surface area contributed by atoms with Gasteiger partial charge in [-0.05, 0) is 72.3 Å². The minimum atomic E-state index is 0. The molecule has 0 aliphatic carbocycles. The molecule has 3 heterocycles. The summed E-state index contributed by atoms with van der Waals surface area (Å²) in [6, 6.07) is 0. The third-order valence-corrected chi connectivity index (χ3v) is 5.56. The van der Waals surface area contributed by atoms with Crippen LogP contribution < -0.4 is 0 Å². The average Bonchev–Trinajstić information content (AvgIpc) is 3.44. The van der Waals surface area contributed by atoms with Gasteiger partial charge >= 0.3 is 0 Å². The van der Waals surface area contributed by atoms with E-state index in [1.807, 2.05) is 0 Å². The van der Waals surface area contributed by atoms with E-state index in [9.17, 15) is 0 Å².